The van der Waals surface area contributed by atoms with Gasteiger partial charge in [0.2, 0.25) is 5.91 Å². The maximum Gasteiger partial charge on any atom is 0.222 e. The van der Waals surface area contributed by atoms with E-state index in [0.29, 0.717) is 6.42 Å². The molecule has 29 heavy (non-hydrogen) atoms. The zero-order valence-electron chi connectivity index (χ0n) is 17.2. The number of nitrogens with zero attached hydrogens (tertiary/aromatic N) is 2. The van der Waals surface area contributed by atoms with E-state index >= 15 is 0 Å². The van der Waals surface area contributed by atoms with Gasteiger partial charge in [0.1, 0.15) is 17.2 Å². The van der Waals surface area contributed by atoms with Crippen LogP contribution in [0.4, 0.5) is 4.39 Å². The Morgan fingerprint density at radius 1 is 1.14 bits per heavy atom. The van der Waals surface area contributed by atoms with Crippen molar-refractivity contribution in [3.05, 3.63) is 65.5 Å². The number of rotatable bonds is 4. The molecule has 1 amide bonds. The molecule has 2 aliphatic heterocycles. The van der Waals surface area contributed by atoms with Gasteiger partial charge in [0.05, 0.1) is 0 Å². The third-order valence-corrected chi connectivity index (χ3v) is 6.31. The average Bonchev–Trinajstić information content (AvgIpc) is 2.71. The first kappa shape index (κ1) is 19.9. The quantitative estimate of drug-likeness (QED) is 0.776. The molecular formula is C24H29FN2O2. The number of amides is 1. The molecule has 5 heteroatoms. The number of halogens is 1. The van der Waals surface area contributed by atoms with Crippen LogP contribution in [0.5, 0.6) is 5.75 Å². The molecule has 0 unspecified atom stereocenters. The smallest absolute Gasteiger partial charge is 0.222 e. The average molecular weight is 397 g/mol. The van der Waals surface area contributed by atoms with E-state index in [2.05, 4.69) is 11.0 Å². The second-order valence-corrected chi connectivity index (χ2v) is 8.62. The minimum Gasteiger partial charge on any atom is -0.487 e. The van der Waals surface area contributed by atoms with Gasteiger partial charge in [0.15, 0.2) is 0 Å². The summed E-state index contributed by atoms with van der Waals surface area (Å²) < 4.78 is 19.7. The highest BCUT2D eigenvalue weighted by atomic mass is 19.1. The first-order valence-corrected chi connectivity index (χ1v) is 10.4. The van der Waals surface area contributed by atoms with Crippen LogP contribution in [0.1, 0.15) is 42.7 Å². The number of piperidine rings is 1. The van der Waals surface area contributed by atoms with Crippen LogP contribution >= 0.6 is 0 Å². The van der Waals surface area contributed by atoms with Crippen LogP contribution in [0, 0.1) is 5.82 Å². The Kier molecular flexibility index (Phi) is 5.59. The molecule has 0 aromatic heterocycles. The first-order chi connectivity index (χ1) is 13.9. The van der Waals surface area contributed by atoms with Gasteiger partial charge < -0.3 is 9.64 Å². The van der Waals surface area contributed by atoms with Gasteiger partial charge in [0.25, 0.3) is 0 Å². The molecule has 4 nitrogen and oxygen atoms in total. The lowest BCUT2D eigenvalue weighted by Crippen LogP contribution is -2.50. The summed E-state index contributed by atoms with van der Waals surface area (Å²) >= 11 is 0. The van der Waals surface area contributed by atoms with E-state index in [4.69, 9.17) is 4.74 Å². The molecule has 1 fully saturated rings. The molecule has 2 aromatic carbocycles. The van der Waals surface area contributed by atoms with Crippen molar-refractivity contribution >= 4 is 5.91 Å². The van der Waals surface area contributed by atoms with Gasteiger partial charge in [-0.3, -0.25) is 9.69 Å². The third-order valence-electron chi connectivity index (χ3n) is 6.31. The fourth-order valence-electron chi connectivity index (χ4n) is 4.59. The second-order valence-electron chi connectivity index (χ2n) is 8.62. The molecule has 2 aromatic rings. The van der Waals surface area contributed by atoms with Gasteiger partial charge in [-0.25, -0.2) is 4.39 Å². The molecule has 1 saturated heterocycles. The van der Waals surface area contributed by atoms with Crippen LogP contribution in [0.3, 0.4) is 0 Å². The van der Waals surface area contributed by atoms with Crippen LogP contribution in [0.25, 0.3) is 0 Å². The number of para-hydroxylation sites is 1. The minimum absolute atomic E-state index is 0.163. The molecule has 154 valence electrons. The molecular weight excluding hydrogens is 367 g/mol. The predicted molar refractivity (Wildman–Crippen MR) is 111 cm³/mol. The highest BCUT2D eigenvalue weighted by Gasteiger charge is 2.43. The van der Waals surface area contributed by atoms with Crippen molar-refractivity contribution in [1.82, 2.24) is 9.80 Å². The van der Waals surface area contributed by atoms with Gasteiger partial charge in [-0.05, 0) is 48.6 Å². The van der Waals surface area contributed by atoms with Crippen LogP contribution in [0.2, 0.25) is 0 Å². The Morgan fingerprint density at radius 2 is 1.83 bits per heavy atom. The van der Waals surface area contributed by atoms with E-state index in [-0.39, 0.29) is 23.2 Å². The van der Waals surface area contributed by atoms with Crippen LogP contribution < -0.4 is 4.74 Å². The molecule has 1 spiro atoms. The van der Waals surface area contributed by atoms with Gasteiger partial charge in [0, 0.05) is 46.1 Å². The van der Waals surface area contributed by atoms with Crippen molar-refractivity contribution in [2.75, 3.05) is 27.2 Å². The summed E-state index contributed by atoms with van der Waals surface area (Å²) in [7, 11) is 3.63. The number of hydrogen-bond donors (Lipinski definition) is 0. The van der Waals surface area contributed by atoms with Crippen LogP contribution in [-0.2, 0) is 11.3 Å². The summed E-state index contributed by atoms with van der Waals surface area (Å²) in [5.74, 6) is 1.09. The lowest BCUT2D eigenvalue weighted by molar-refractivity contribution is -0.129. The van der Waals surface area contributed by atoms with Crippen LogP contribution in [0.15, 0.2) is 48.5 Å². The normalized spacial score (nSPS) is 20.7. The van der Waals surface area contributed by atoms with E-state index in [1.807, 2.05) is 44.4 Å². The number of carbonyl (C=O) groups excluding carboxylic acids is 1. The summed E-state index contributed by atoms with van der Waals surface area (Å²) in [4.78, 5) is 16.5. The van der Waals surface area contributed by atoms with E-state index in [9.17, 15) is 9.18 Å². The van der Waals surface area contributed by atoms with Gasteiger partial charge in [-0.2, -0.15) is 0 Å². The molecule has 2 aliphatic rings. The van der Waals surface area contributed by atoms with E-state index in [0.717, 1.165) is 55.8 Å². The van der Waals surface area contributed by atoms with Crippen molar-refractivity contribution in [2.45, 2.75) is 43.7 Å². The Balaban J connectivity index is 1.46. The maximum atomic E-state index is 13.1. The van der Waals surface area contributed by atoms with E-state index in [1.165, 1.54) is 12.1 Å². The largest absolute Gasteiger partial charge is 0.487 e. The van der Waals surface area contributed by atoms with Crippen molar-refractivity contribution in [2.24, 2.45) is 0 Å². The van der Waals surface area contributed by atoms with E-state index < -0.39 is 0 Å². The topological polar surface area (TPSA) is 32.8 Å². The Labute approximate surface area is 172 Å². The fraction of sp³-hybridized carbons (Fsp3) is 0.458. The van der Waals surface area contributed by atoms with Gasteiger partial charge in [-0.15, -0.1) is 0 Å². The molecule has 0 bridgehead atoms. The molecule has 2 heterocycles. The molecule has 1 atom stereocenters. The summed E-state index contributed by atoms with van der Waals surface area (Å²) in [6.07, 6.45) is 3.28. The summed E-state index contributed by atoms with van der Waals surface area (Å²) in [5.41, 5.74) is 2.08. The second kappa shape index (κ2) is 8.15. The third kappa shape index (κ3) is 4.45. The maximum absolute atomic E-state index is 13.1. The lowest BCUT2D eigenvalue weighted by Gasteiger charge is -2.47. The van der Waals surface area contributed by atoms with Gasteiger partial charge >= 0.3 is 0 Å². The molecule has 0 saturated carbocycles. The lowest BCUT2D eigenvalue weighted by atomic mass is 9.76. The Morgan fingerprint density at radius 3 is 2.52 bits per heavy atom. The number of benzene rings is 2. The molecule has 0 aliphatic carbocycles. The summed E-state index contributed by atoms with van der Waals surface area (Å²) in [6.45, 7) is 2.71. The number of fused-ring (bicyclic) bond motifs is 1. The standard InChI is InChI=1S/C24H29FN2O2/c1-26(2)23(28)15-19-16-24(29-22-6-4-3-5-21(19)22)11-13-27(14-12-24)17-18-7-9-20(25)10-8-18/h3-10,19H,11-17H2,1-2H3/t19-/m0/s1. The minimum atomic E-state index is -0.203. The van der Waals surface area contributed by atoms with E-state index in [1.54, 1.807) is 4.90 Å². The monoisotopic (exact) mass is 396 g/mol. The predicted octanol–water partition coefficient (Wildman–Crippen LogP) is 4.20. The molecule has 0 N–H and O–H groups in total. The summed E-state index contributed by atoms with van der Waals surface area (Å²) in [5, 5.41) is 0. The van der Waals surface area contributed by atoms with Crippen LogP contribution in [-0.4, -0.2) is 48.5 Å². The van der Waals surface area contributed by atoms with Crippen molar-refractivity contribution in [3.8, 4) is 5.75 Å². The highest BCUT2D eigenvalue weighted by molar-refractivity contribution is 5.76. The van der Waals surface area contributed by atoms with Crippen molar-refractivity contribution in [3.63, 3.8) is 0 Å². The number of hydrogen-bond acceptors (Lipinski definition) is 3. The number of carbonyl (C=O) groups is 1. The fourth-order valence-corrected chi connectivity index (χ4v) is 4.59. The summed E-state index contributed by atoms with van der Waals surface area (Å²) in [6, 6.07) is 14.9. The number of ether oxygens (including phenoxy) is 1. The van der Waals surface area contributed by atoms with Crippen molar-refractivity contribution < 1.29 is 13.9 Å². The first-order valence-electron chi connectivity index (χ1n) is 10.4. The SMILES string of the molecule is CN(C)C(=O)C[C@H]1CC2(CCN(Cc3ccc(F)cc3)CC2)Oc2ccccc21. The number of likely N-dealkylation sites (tertiary alicyclic amines) is 1. The highest BCUT2D eigenvalue weighted by Crippen LogP contribution is 2.46. The zero-order valence-corrected chi connectivity index (χ0v) is 17.2. The molecule has 4 rings (SSSR count). The Hall–Kier alpha value is -2.40. The zero-order chi connectivity index (χ0) is 20.4. The van der Waals surface area contributed by atoms with Crippen molar-refractivity contribution in [1.29, 1.82) is 0 Å². The molecule has 0 radical (unpaired) electrons. The Bertz CT molecular complexity index is 857. The van der Waals surface area contributed by atoms with Gasteiger partial charge in [-0.1, -0.05) is 30.3 Å².